The maximum Gasteiger partial charge on any atom is 0.237 e. The maximum absolute atomic E-state index is 11.9. The highest BCUT2D eigenvalue weighted by molar-refractivity contribution is 5.82. The van der Waals surface area contributed by atoms with Crippen molar-refractivity contribution in [2.45, 2.75) is 37.8 Å². The lowest BCUT2D eigenvalue weighted by Gasteiger charge is -2.17. The Morgan fingerprint density at radius 3 is 1.91 bits per heavy atom. The quantitative estimate of drug-likeness (QED) is 0.208. The highest BCUT2D eigenvalue weighted by Gasteiger charge is 2.16. The second-order valence-electron chi connectivity index (χ2n) is 5.44. The molecule has 2 atom stereocenters. The summed E-state index contributed by atoms with van der Waals surface area (Å²) in [6.07, 6.45) is 3.08. The fraction of sp³-hybridized carbons (Fsp3) is 0.867. The normalized spacial score (nSPS) is 13.4. The van der Waals surface area contributed by atoms with Crippen molar-refractivity contribution in [3.63, 3.8) is 0 Å². The molecule has 0 aliphatic rings. The second-order valence-corrected chi connectivity index (χ2v) is 5.44. The highest BCUT2D eigenvalue weighted by Crippen LogP contribution is 2.01. The Morgan fingerprint density at radius 1 is 0.826 bits per heavy atom. The molecular formula is C15H34N6O2. The van der Waals surface area contributed by atoms with Crippen LogP contribution in [0.2, 0.25) is 0 Å². The van der Waals surface area contributed by atoms with E-state index in [-0.39, 0.29) is 23.9 Å². The Balaban J connectivity index is 3.86. The van der Waals surface area contributed by atoms with Crippen molar-refractivity contribution < 1.29 is 9.59 Å². The third kappa shape index (κ3) is 10.2. The van der Waals surface area contributed by atoms with Crippen LogP contribution in [0.5, 0.6) is 0 Å². The number of carbonyl (C=O) groups excluding carboxylic acids is 2. The summed E-state index contributed by atoms with van der Waals surface area (Å²) in [6, 6.07) is -0.423. The summed E-state index contributed by atoms with van der Waals surface area (Å²) in [5.74, 6) is -0.00194. The van der Waals surface area contributed by atoms with Crippen LogP contribution < -0.4 is 32.3 Å². The van der Waals surface area contributed by atoms with Crippen molar-refractivity contribution in [2.24, 2.45) is 5.73 Å². The van der Waals surface area contributed by atoms with E-state index in [4.69, 9.17) is 5.73 Å². The Morgan fingerprint density at radius 2 is 1.39 bits per heavy atom. The number of amides is 2. The smallest absolute Gasteiger partial charge is 0.237 e. The average Bonchev–Trinajstić information content (AvgIpc) is 2.55. The molecule has 2 amide bonds. The van der Waals surface area contributed by atoms with Crippen molar-refractivity contribution in [3.8, 4) is 0 Å². The zero-order valence-electron chi connectivity index (χ0n) is 14.7. The van der Waals surface area contributed by atoms with Gasteiger partial charge in [0.2, 0.25) is 11.8 Å². The number of nitrogens with one attached hydrogen (secondary N) is 5. The van der Waals surface area contributed by atoms with Crippen LogP contribution >= 0.6 is 0 Å². The van der Waals surface area contributed by atoms with Gasteiger partial charge < -0.3 is 32.3 Å². The van der Waals surface area contributed by atoms with E-state index in [2.05, 4.69) is 26.6 Å². The Hall–Kier alpha value is -1.22. The molecule has 0 bridgehead atoms. The fourth-order valence-electron chi connectivity index (χ4n) is 2.22. The van der Waals surface area contributed by atoms with Crippen molar-refractivity contribution in [1.29, 1.82) is 0 Å². The van der Waals surface area contributed by atoms with Crippen LogP contribution in [0.1, 0.15) is 25.7 Å². The fourth-order valence-corrected chi connectivity index (χ4v) is 2.22. The molecule has 7 N–H and O–H groups in total. The molecule has 0 aliphatic carbocycles. The zero-order chi connectivity index (χ0) is 17.5. The van der Waals surface area contributed by atoms with Crippen LogP contribution in [0, 0.1) is 0 Å². The van der Waals surface area contributed by atoms with Crippen molar-refractivity contribution in [1.82, 2.24) is 26.6 Å². The topological polar surface area (TPSA) is 120 Å². The van der Waals surface area contributed by atoms with Gasteiger partial charge in [0.1, 0.15) is 0 Å². The molecule has 0 aromatic heterocycles. The van der Waals surface area contributed by atoms with E-state index in [0.29, 0.717) is 26.1 Å². The standard InChI is InChI=1S/C15H34N6O2/c1-17-10-11-21-14(22)12(18-2)6-4-5-9-20-15(23)13(19-3)7-8-16/h12-13,17-19H,4-11,16H2,1-3H3,(H,20,23)(H,21,22)/t12-,13-/m0/s1. The van der Waals surface area contributed by atoms with Gasteiger partial charge in [-0.05, 0) is 53.4 Å². The molecule has 0 heterocycles. The number of carbonyl (C=O) groups is 2. The van der Waals surface area contributed by atoms with Gasteiger partial charge in [-0.15, -0.1) is 0 Å². The van der Waals surface area contributed by atoms with Gasteiger partial charge in [0.25, 0.3) is 0 Å². The van der Waals surface area contributed by atoms with E-state index in [1.807, 2.05) is 7.05 Å². The van der Waals surface area contributed by atoms with E-state index in [0.717, 1.165) is 25.8 Å². The predicted molar refractivity (Wildman–Crippen MR) is 93.2 cm³/mol. The summed E-state index contributed by atoms with van der Waals surface area (Å²) in [5.41, 5.74) is 5.47. The molecule has 0 spiro atoms. The Kier molecular flexibility index (Phi) is 13.6. The number of hydrogen-bond acceptors (Lipinski definition) is 6. The van der Waals surface area contributed by atoms with Gasteiger partial charge in [-0.25, -0.2) is 0 Å². The van der Waals surface area contributed by atoms with Crippen molar-refractivity contribution >= 4 is 11.8 Å². The first-order valence-corrected chi connectivity index (χ1v) is 8.35. The van der Waals surface area contributed by atoms with Gasteiger partial charge in [-0.1, -0.05) is 0 Å². The Labute approximate surface area is 139 Å². The predicted octanol–water partition coefficient (Wildman–Crippen LogP) is -1.87. The summed E-state index contributed by atoms with van der Waals surface area (Å²) in [7, 11) is 5.39. The molecule has 8 nitrogen and oxygen atoms in total. The van der Waals surface area contributed by atoms with E-state index in [1.165, 1.54) is 0 Å². The third-order valence-corrected chi connectivity index (χ3v) is 3.68. The van der Waals surface area contributed by atoms with Gasteiger partial charge in [0.05, 0.1) is 12.1 Å². The summed E-state index contributed by atoms with van der Waals surface area (Å²) < 4.78 is 0. The number of hydrogen-bond donors (Lipinski definition) is 6. The first kappa shape index (κ1) is 21.8. The SMILES string of the molecule is CNCCNC(=O)[C@H](CCCCNC(=O)[C@H](CCN)NC)NC. The van der Waals surface area contributed by atoms with Crippen LogP contribution in [0.4, 0.5) is 0 Å². The lowest BCUT2D eigenvalue weighted by molar-refractivity contribution is -0.124. The minimum atomic E-state index is -0.233. The van der Waals surface area contributed by atoms with Gasteiger partial charge in [0.15, 0.2) is 0 Å². The lowest BCUT2D eigenvalue weighted by atomic mass is 10.1. The molecule has 136 valence electrons. The molecule has 0 saturated heterocycles. The summed E-state index contributed by atoms with van der Waals surface area (Å²) in [4.78, 5) is 23.8. The Bertz CT molecular complexity index is 327. The minimum absolute atomic E-state index is 0.0185. The van der Waals surface area contributed by atoms with E-state index in [1.54, 1.807) is 14.1 Å². The third-order valence-electron chi connectivity index (χ3n) is 3.68. The lowest BCUT2D eigenvalue weighted by Crippen LogP contribution is -2.45. The molecule has 0 radical (unpaired) electrons. The highest BCUT2D eigenvalue weighted by atomic mass is 16.2. The van der Waals surface area contributed by atoms with Crippen molar-refractivity contribution in [3.05, 3.63) is 0 Å². The maximum atomic E-state index is 11.9. The van der Waals surface area contributed by atoms with E-state index >= 15 is 0 Å². The summed E-state index contributed by atoms with van der Waals surface area (Å²) >= 11 is 0. The molecule has 0 unspecified atom stereocenters. The van der Waals surface area contributed by atoms with Gasteiger partial charge in [-0.3, -0.25) is 9.59 Å². The van der Waals surface area contributed by atoms with Gasteiger partial charge in [0, 0.05) is 19.6 Å². The van der Waals surface area contributed by atoms with Crippen LogP contribution in [0.15, 0.2) is 0 Å². The number of unbranched alkanes of at least 4 members (excludes halogenated alkanes) is 1. The van der Waals surface area contributed by atoms with E-state index < -0.39 is 0 Å². The van der Waals surface area contributed by atoms with E-state index in [9.17, 15) is 9.59 Å². The molecule has 0 fully saturated rings. The monoisotopic (exact) mass is 330 g/mol. The first-order chi connectivity index (χ1) is 11.1. The largest absolute Gasteiger partial charge is 0.355 e. The molecule has 0 aromatic carbocycles. The molecule has 8 heteroatoms. The van der Waals surface area contributed by atoms with Crippen LogP contribution in [0.3, 0.4) is 0 Å². The number of likely N-dealkylation sites (N-methyl/N-ethyl adjacent to an activating group) is 3. The average molecular weight is 330 g/mol. The molecule has 23 heavy (non-hydrogen) atoms. The number of rotatable bonds is 14. The van der Waals surface area contributed by atoms with Crippen LogP contribution in [0.25, 0.3) is 0 Å². The second kappa shape index (κ2) is 14.4. The zero-order valence-corrected chi connectivity index (χ0v) is 14.7. The van der Waals surface area contributed by atoms with Gasteiger partial charge >= 0.3 is 0 Å². The first-order valence-electron chi connectivity index (χ1n) is 8.35. The molecule has 0 rings (SSSR count). The molecular weight excluding hydrogens is 296 g/mol. The van der Waals surface area contributed by atoms with Gasteiger partial charge in [-0.2, -0.15) is 0 Å². The molecule has 0 aromatic rings. The number of nitrogens with two attached hydrogens (primary N) is 1. The molecule has 0 saturated carbocycles. The molecule has 0 aliphatic heterocycles. The van der Waals surface area contributed by atoms with Crippen molar-refractivity contribution in [2.75, 3.05) is 47.3 Å². The minimum Gasteiger partial charge on any atom is -0.355 e. The van der Waals surface area contributed by atoms with Crippen LogP contribution in [-0.4, -0.2) is 71.2 Å². The summed E-state index contributed by atoms with van der Waals surface area (Å²) in [6.45, 7) is 2.46. The summed E-state index contributed by atoms with van der Waals surface area (Å²) in [5, 5.41) is 14.7. The van der Waals surface area contributed by atoms with Crippen LogP contribution in [-0.2, 0) is 9.59 Å².